The number of nitrogens with zero attached hydrogens (tertiary/aromatic N) is 4. The quantitative estimate of drug-likeness (QED) is 0.431. The van der Waals surface area contributed by atoms with Gasteiger partial charge in [-0.2, -0.15) is 5.10 Å². The standard InChI is InChI=1S/C25H24N4O3/c30-24(21-17-19-5-1-4-8-23(19)32-25(21)31)29(20-6-2-3-7-20)16-15-28-14-11-22(27-28)18-9-12-26-13-10-18/h1,4-5,8-14,17,20H,2-3,6-7,15-16H2. The molecule has 0 atom stereocenters. The number of amides is 1. The van der Waals surface area contributed by atoms with Gasteiger partial charge in [-0.3, -0.25) is 14.5 Å². The van der Waals surface area contributed by atoms with Crippen molar-refractivity contribution in [3.63, 3.8) is 0 Å². The molecule has 0 unspecified atom stereocenters. The number of hydrogen-bond donors (Lipinski definition) is 0. The van der Waals surface area contributed by atoms with Crippen LogP contribution in [0.2, 0.25) is 0 Å². The fourth-order valence-electron chi connectivity index (χ4n) is 4.40. The summed E-state index contributed by atoms with van der Waals surface area (Å²) in [4.78, 5) is 31.9. The molecule has 0 aliphatic heterocycles. The van der Waals surface area contributed by atoms with Gasteiger partial charge in [0.2, 0.25) is 0 Å². The Labute approximate surface area is 185 Å². The average molecular weight is 428 g/mol. The molecule has 0 N–H and O–H groups in total. The third kappa shape index (κ3) is 4.06. The van der Waals surface area contributed by atoms with E-state index in [1.54, 1.807) is 24.5 Å². The van der Waals surface area contributed by atoms with Crippen LogP contribution in [0.5, 0.6) is 0 Å². The van der Waals surface area contributed by atoms with Gasteiger partial charge in [-0.25, -0.2) is 4.79 Å². The first-order chi connectivity index (χ1) is 15.7. The summed E-state index contributed by atoms with van der Waals surface area (Å²) in [5.41, 5.74) is 1.85. The highest BCUT2D eigenvalue weighted by molar-refractivity contribution is 5.96. The van der Waals surface area contributed by atoms with Gasteiger partial charge in [0.15, 0.2) is 0 Å². The van der Waals surface area contributed by atoms with E-state index >= 15 is 0 Å². The van der Waals surface area contributed by atoms with Gasteiger partial charge < -0.3 is 9.32 Å². The second-order valence-electron chi connectivity index (χ2n) is 8.12. The van der Waals surface area contributed by atoms with Gasteiger partial charge in [0.25, 0.3) is 5.91 Å². The number of hydrogen-bond acceptors (Lipinski definition) is 5. The summed E-state index contributed by atoms with van der Waals surface area (Å²) in [5.74, 6) is -0.266. The van der Waals surface area contributed by atoms with Crippen LogP contribution in [0.3, 0.4) is 0 Å². The highest BCUT2D eigenvalue weighted by Crippen LogP contribution is 2.25. The van der Waals surface area contributed by atoms with Crippen LogP contribution in [0.25, 0.3) is 22.2 Å². The minimum Gasteiger partial charge on any atom is -0.422 e. The number of fused-ring (bicyclic) bond motifs is 1. The zero-order valence-electron chi connectivity index (χ0n) is 17.7. The van der Waals surface area contributed by atoms with E-state index in [2.05, 4.69) is 10.1 Å². The predicted octanol–water partition coefficient (Wildman–Crippen LogP) is 4.14. The van der Waals surface area contributed by atoms with Crippen molar-refractivity contribution in [2.45, 2.75) is 38.3 Å². The van der Waals surface area contributed by atoms with Crippen LogP contribution in [-0.4, -0.2) is 38.2 Å². The van der Waals surface area contributed by atoms with Crippen LogP contribution in [0.1, 0.15) is 36.0 Å². The maximum Gasteiger partial charge on any atom is 0.349 e. The van der Waals surface area contributed by atoms with Gasteiger partial charge in [-0.1, -0.05) is 31.0 Å². The molecule has 0 bridgehead atoms. The van der Waals surface area contributed by atoms with Crippen molar-refractivity contribution in [2.24, 2.45) is 0 Å². The lowest BCUT2D eigenvalue weighted by Crippen LogP contribution is -2.42. The number of carbonyl (C=O) groups excluding carboxylic acids is 1. The van der Waals surface area contributed by atoms with E-state index < -0.39 is 5.63 Å². The normalized spacial score (nSPS) is 14.1. The Kier molecular flexibility index (Phi) is 5.54. The molecule has 0 radical (unpaired) electrons. The Morgan fingerprint density at radius 3 is 2.69 bits per heavy atom. The summed E-state index contributed by atoms with van der Waals surface area (Å²) in [5, 5.41) is 5.39. The molecule has 1 saturated carbocycles. The van der Waals surface area contributed by atoms with Crippen LogP contribution >= 0.6 is 0 Å². The van der Waals surface area contributed by atoms with Crippen LogP contribution in [0.4, 0.5) is 0 Å². The van der Waals surface area contributed by atoms with E-state index in [0.717, 1.165) is 42.3 Å². The van der Waals surface area contributed by atoms with Crippen molar-refractivity contribution in [1.29, 1.82) is 0 Å². The zero-order valence-corrected chi connectivity index (χ0v) is 17.7. The fraction of sp³-hybridized carbons (Fsp3) is 0.280. The van der Waals surface area contributed by atoms with Crippen molar-refractivity contribution in [3.05, 3.63) is 83.1 Å². The molecule has 1 aromatic carbocycles. The molecule has 32 heavy (non-hydrogen) atoms. The first kappa shape index (κ1) is 20.2. The molecule has 0 saturated heterocycles. The number of pyridine rings is 1. The SMILES string of the molecule is O=C(c1cc2ccccc2oc1=O)N(CCn1ccc(-c2ccncc2)n1)C1CCCC1. The molecular weight excluding hydrogens is 404 g/mol. The maximum absolute atomic E-state index is 13.5. The van der Waals surface area contributed by atoms with Crippen molar-refractivity contribution in [3.8, 4) is 11.3 Å². The molecule has 5 rings (SSSR count). The third-order valence-electron chi connectivity index (χ3n) is 6.08. The summed E-state index contributed by atoms with van der Waals surface area (Å²) in [6.45, 7) is 1.03. The van der Waals surface area contributed by atoms with Crippen LogP contribution < -0.4 is 5.63 Å². The summed E-state index contributed by atoms with van der Waals surface area (Å²) in [7, 11) is 0. The Balaban J connectivity index is 1.39. The molecule has 162 valence electrons. The first-order valence-corrected chi connectivity index (χ1v) is 11.0. The van der Waals surface area contributed by atoms with Crippen LogP contribution in [0, 0.1) is 0 Å². The molecule has 1 fully saturated rings. The Morgan fingerprint density at radius 1 is 1.09 bits per heavy atom. The van der Waals surface area contributed by atoms with Crippen molar-refractivity contribution >= 4 is 16.9 Å². The average Bonchev–Trinajstić information content (AvgIpc) is 3.52. The van der Waals surface area contributed by atoms with Crippen molar-refractivity contribution in [2.75, 3.05) is 6.54 Å². The Hall–Kier alpha value is -3.74. The maximum atomic E-state index is 13.5. The summed E-state index contributed by atoms with van der Waals surface area (Å²) in [6, 6.07) is 14.8. The van der Waals surface area contributed by atoms with Crippen molar-refractivity contribution in [1.82, 2.24) is 19.7 Å². The monoisotopic (exact) mass is 428 g/mol. The minimum atomic E-state index is -0.587. The molecule has 7 nitrogen and oxygen atoms in total. The summed E-state index contributed by atoms with van der Waals surface area (Å²) in [6.07, 6.45) is 9.48. The summed E-state index contributed by atoms with van der Waals surface area (Å²) < 4.78 is 7.26. The van der Waals surface area contributed by atoms with Gasteiger partial charge in [0.1, 0.15) is 11.1 Å². The van der Waals surface area contributed by atoms with E-state index in [0.29, 0.717) is 18.7 Å². The lowest BCUT2D eigenvalue weighted by molar-refractivity contribution is 0.0667. The van der Waals surface area contributed by atoms with E-state index in [4.69, 9.17) is 4.42 Å². The van der Waals surface area contributed by atoms with Gasteiger partial charge >= 0.3 is 5.63 Å². The molecule has 1 amide bonds. The van der Waals surface area contributed by atoms with E-state index in [1.165, 1.54) is 0 Å². The topological polar surface area (TPSA) is 81.2 Å². The molecule has 0 spiro atoms. The molecule has 3 aromatic heterocycles. The molecule has 1 aliphatic rings. The number of benzene rings is 1. The first-order valence-electron chi connectivity index (χ1n) is 11.0. The van der Waals surface area contributed by atoms with Gasteiger partial charge in [-0.05, 0) is 43.2 Å². The molecule has 3 heterocycles. The zero-order chi connectivity index (χ0) is 21.9. The number of para-hydroxylation sites is 1. The smallest absolute Gasteiger partial charge is 0.349 e. The highest BCUT2D eigenvalue weighted by Gasteiger charge is 2.29. The highest BCUT2D eigenvalue weighted by atomic mass is 16.4. The Morgan fingerprint density at radius 2 is 1.88 bits per heavy atom. The number of aromatic nitrogens is 3. The largest absolute Gasteiger partial charge is 0.422 e. The van der Waals surface area contributed by atoms with E-state index in [1.807, 2.05) is 52.2 Å². The third-order valence-corrected chi connectivity index (χ3v) is 6.08. The lowest BCUT2D eigenvalue weighted by Gasteiger charge is -2.28. The van der Waals surface area contributed by atoms with E-state index in [9.17, 15) is 9.59 Å². The molecular formula is C25H24N4O3. The van der Waals surface area contributed by atoms with Crippen LogP contribution in [0.15, 0.2) is 76.3 Å². The summed E-state index contributed by atoms with van der Waals surface area (Å²) >= 11 is 0. The lowest BCUT2D eigenvalue weighted by atomic mass is 10.1. The minimum absolute atomic E-state index is 0.0912. The predicted molar refractivity (Wildman–Crippen MR) is 121 cm³/mol. The second kappa shape index (κ2) is 8.78. The van der Waals surface area contributed by atoms with Crippen LogP contribution in [-0.2, 0) is 6.54 Å². The van der Waals surface area contributed by atoms with Gasteiger partial charge in [0, 0.05) is 42.1 Å². The second-order valence-corrected chi connectivity index (χ2v) is 8.12. The van der Waals surface area contributed by atoms with Gasteiger partial charge in [0.05, 0.1) is 12.2 Å². The molecule has 7 heteroatoms. The van der Waals surface area contributed by atoms with Crippen molar-refractivity contribution < 1.29 is 9.21 Å². The fourth-order valence-corrected chi connectivity index (χ4v) is 4.40. The molecule has 4 aromatic rings. The van der Waals surface area contributed by atoms with Gasteiger partial charge in [-0.15, -0.1) is 0 Å². The Bertz CT molecular complexity index is 1290. The van der Waals surface area contributed by atoms with E-state index in [-0.39, 0.29) is 17.5 Å². The number of rotatable bonds is 6. The molecule has 1 aliphatic carbocycles. The number of carbonyl (C=O) groups is 1.